The van der Waals surface area contributed by atoms with Gasteiger partial charge in [-0.2, -0.15) is 0 Å². The normalized spacial score (nSPS) is 11.7. The molecule has 0 unspecified atom stereocenters. The van der Waals surface area contributed by atoms with E-state index in [1.54, 1.807) is 0 Å². The summed E-state index contributed by atoms with van der Waals surface area (Å²) in [6, 6.07) is 3.24. The van der Waals surface area contributed by atoms with Crippen LogP contribution in [0.2, 0.25) is 5.02 Å². The molecule has 0 spiro atoms. The van der Waals surface area contributed by atoms with Crippen LogP contribution in [0.15, 0.2) is 23.1 Å². The highest BCUT2D eigenvalue weighted by Crippen LogP contribution is 2.21. The summed E-state index contributed by atoms with van der Waals surface area (Å²) >= 11 is 5.67. The Balaban J connectivity index is 3.09. The van der Waals surface area contributed by atoms with Crippen molar-refractivity contribution >= 4 is 21.6 Å². The molecule has 3 nitrogen and oxygen atoms in total. The number of nitrogens with one attached hydrogen (secondary N) is 1. The summed E-state index contributed by atoms with van der Waals surface area (Å²) < 4.78 is 38.4. The van der Waals surface area contributed by atoms with Gasteiger partial charge in [-0.3, -0.25) is 0 Å². The molecule has 0 amide bonds. The Labute approximate surface area is 93.3 Å². The third-order valence-corrected chi connectivity index (χ3v) is 3.67. The van der Waals surface area contributed by atoms with Gasteiger partial charge in [-0.05, 0) is 24.6 Å². The average molecular weight is 252 g/mol. The van der Waals surface area contributed by atoms with Gasteiger partial charge in [0.2, 0.25) is 10.0 Å². The van der Waals surface area contributed by atoms with Gasteiger partial charge in [0.25, 0.3) is 0 Å². The van der Waals surface area contributed by atoms with Crippen molar-refractivity contribution in [3.8, 4) is 0 Å². The lowest BCUT2D eigenvalue weighted by Gasteiger charge is -2.07. The van der Waals surface area contributed by atoms with Crippen molar-refractivity contribution in [2.45, 2.75) is 18.2 Å². The lowest BCUT2D eigenvalue weighted by atomic mass is 10.3. The van der Waals surface area contributed by atoms with Gasteiger partial charge in [-0.15, -0.1) is 0 Å². The molecule has 0 aliphatic rings. The molecule has 1 aromatic rings. The predicted molar refractivity (Wildman–Crippen MR) is 56.9 cm³/mol. The van der Waals surface area contributed by atoms with Crippen LogP contribution in [0.5, 0.6) is 0 Å². The van der Waals surface area contributed by atoms with E-state index in [9.17, 15) is 12.8 Å². The summed E-state index contributed by atoms with van der Waals surface area (Å²) in [5, 5.41) is 0.0139. The van der Waals surface area contributed by atoms with Crippen molar-refractivity contribution in [1.29, 1.82) is 0 Å². The molecule has 0 heterocycles. The number of sulfonamides is 1. The maximum Gasteiger partial charge on any atom is 0.242 e. The first-order chi connectivity index (χ1) is 6.97. The second kappa shape index (κ2) is 4.92. The third kappa shape index (κ3) is 3.15. The molecule has 1 rings (SSSR count). The zero-order valence-corrected chi connectivity index (χ0v) is 9.70. The molecule has 6 heteroatoms. The van der Waals surface area contributed by atoms with Gasteiger partial charge in [0.15, 0.2) is 0 Å². The quantitative estimate of drug-likeness (QED) is 0.892. The summed E-state index contributed by atoms with van der Waals surface area (Å²) in [5.41, 5.74) is 0. The van der Waals surface area contributed by atoms with Crippen LogP contribution < -0.4 is 4.72 Å². The standard InChI is InChI=1S/C9H11ClFNO2S/c1-2-5-12-15(13,14)9-6-7(11)3-4-8(9)10/h3-4,6,12H,2,5H2,1H3. The number of halogens is 2. The molecule has 0 fully saturated rings. The van der Waals surface area contributed by atoms with E-state index >= 15 is 0 Å². The Morgan fingerprint density at radius 3 is 2.73 bits per heavy atom. The van der Waals surface area contributed by atoms with Gasteiger partial charge in [0.05, 0.1) is 5.02 Å². The highest BCUT2D eigenvalue weighted by molar-refractivity contribution is 7.89. The van der Waals surface area contributed by atoms with E-state index in [0.717, 1.165) is 12.1 Å². The van der Waals surface area contributed by atoms with Gasteiger partial charge >= 0.3 is 0 Å². The fourth-order valence-electron chi connectivity index (χ4n) is 0.997. The van der Waals surface area contributed by atoms with E-state index in [-0.39, 0.29) is 9.92 Å². The van der Waals surface area contributed by atoms with Crippen molar-refractivity contribution in [3.05, 3.63) is 29.0 Å². The van der Waals surface area contributed by atoms with Gasteiger partial charge in [0, 0.05) is 6.54 Å². The van der Waals surface area contributed by atoms with Crippen molar-refractivity contribution in [2.75, 3.05) is 6.54 Å². The lowest BCUT2D eigenvalue weighted by molar-refractivity contribution is 0.577. The van der Waals surface area contributed by atoms with Crippen LogP contribution in [0.4, 0.5) is 4.39 Å². The minimum absolute atomic E-state index is 0.0139. The number of hydrogen-bond donors (Lipinski definition) is 1. The van der Waals surface area contributed by atoms with E-state index < -0.39 is 15.8 Å². The summed E-state index contributed by atoms with van der Waals surface area (Å²) in [6.45, 7) is 2.13. The van der Waals surface area contributed by atoms with Crippen LogP contribution in [0, 0.1) is 5.82 Å². The molecule has 0 saturated heterocycles. The van der Waals surface area contributed by atoms with Gasteiger partial charge in [-0.1, -0.05) is 18.5 Å². The lowest BCUT2D eigenvalue weighted by Crippen LogP contribution is -2.24. The molecule has 15 heavy (non-hydrogen) atoms. The maximum absolute atomic E-state index is 12.8. The second-order valence-electron chi connectivity index (χ2n) is 2.97. The van der Waals surface area contributed by atoms with Crippen LogP contribution in [-0.2, 0) is 10.0 Å². The first-order valence-electron chi connectivity index (χ1n) is 4.42. The topological polar surface area (TPSA) is 46.2 Å². The van der Waals surface area contributed by atoms with Crippen molar-refractivity contribution < 1.29 is 12.8 Å². The predicted octanol–water partition coefficient (Wildman–Crippen LogP) is 2.17. The highest BCUT2D eigenvalue weighted by atomic mass is 35.5. The molecule has 0 aromatic heterocycles. The molecule has 0 bridgehead atoms. The van der Waals surface area contributed by atoms with Crippen molar-refractivity contribution in [1.82, 2.24) is 4.72 Å². The zero-order chi connectivity index (χ0) is 11.5. The summed E-state index contributed by atoms with van der Waals surface area (Å²) in [7, 11) is -3.70. The Morgan fingerprint density at radius 2 is 2.13 bits per heavy atom. The monoisotopic (exact) mass is 251 g/mol. The maximum atomic E-state index is 12.8. The first-order valence-corrected chi connectivity index (χ1v) is 6.28. The first kappa shape index (κ1) is 12.4. The van der Waals surface area contributed by atoms with Crippen molar-refractivity contribution in [2.24, 2.45) is 0 Å². The van der Waals surface area contributed by atoms with Crippen LogP contribution in [-0.4, -0.2) is 15.0 Å². The van der Waals surface area contributed by atoms with E-state index in [1.807, 2.05) is 6.92 Å². The molecule has 84 valence electrons. The molecule has 0 aliphatic carbocycles. The number of rotatable bonds is 4. The smallest absolute Gasteiger partial charge is 0.211 e. The molecule has 0 saturated carbocycles. The van der Waals surface area contributed by atoms with Crippen LogP contribution in [0.3, 0.4) is 0 Å². The zero-order valence-electron chi connectivity index (χ0n) is 8.13. The average Bonchev–Trinajstić information content (AvgIpc) is 2.18. The summed E-state index contributed by atoms with van der Waals surface area (Å²) in [4.78, 5) is -0.224. The number of hydrogen-bond acceptors (Lipinski definition) is 2. The Morgan fingerprint density at radius 1 is 1.47 bits per heavy atom. The Kier molecular flexibility index (Phi) is 4.07. The Hall–Kier alpha value is -0.650. The van der Waals surface area contributed by atoms with E-state index in [1.165, 1.54) is 6.07 Å². The van der Waals surface area contributed by atoms with Gasteiger partial charge in [-0.25, -0.2) is 17.5 Å². The molecular weight excluding hydrogens is 241 g/mol. The van der Waals surface area contributed by atoms with Crippen molar-refractivity contribution in [3.63, 3.8) is 0 Å². The SMILES string of the molecule is CCCNS(=O)(=O)c1cc(F)ccc1Cl. The van der Waals surface area contributed by atoms with Gasteiger partial charge < -0.3 is 0 Å². The second-order valence-corrected chi connectivity index (χ2v) is 5.12. The van der Waals surface area contributed by atoms with Gasteiger partial charge in [0.1, 0.15) is 10.7 Å². The molecular formula is C9H11ClFNO2S. The highest BCUT2D eigenvalue weighted by Gasteiger charge is 2.17. The molecule has 0 radical (unpaired) electrons. The molecule has 0 atom stereocenters. The van der Waals surface area contributed by atoms with Crippen LogP contribution in [0.1, 0.15) is 13.3 Å². The minimum atomic E-state index is -3.70. The van der Waals surface area contributed by atoms with E-state index in [0.29, 0.717) is 13.0 Å². The number of benzene rings is 1. The summed E-state index contributed by atoms with van der Waals surface area (Å²) in [6.07, 6.45) is 0.659. The Bertz CT molecular complexity index is 447. The van der Waals surface area contributed by atoms with E-state index in [2.05, 4.69) is 4.72 Å². The van der Waals surface area contributed by atoms with Crippen LogP contribution in [0.25, 0.3) is 0 Å². The fourth-order valence-corrected chi connectivity index (χ4v) is 2.64. The molecule has 1 N–H and O–H groups in total. The summed E-state index contributed by atoms with van der Waals surface area (Å²) in [5.74, 6) is -0.628. The molecule has 1 aromatic carbocycles. The fraction of sp³-hybridized carbons (Fsp3) is 0.333. The third-order valence-electron chi connectivity index (χ3n) is 1.72. The largest absolute Gasteiger partial charge is 0.242 e. The van der Waals surface area contributed by atoms with E-state index in [4.69, 9.17) is 11.6 Å². The van der Waals surface area contributed by atoms with Crippen LogP contribution >= 0.6 is 11.6 Å². The minimum Gasteiger partial charge on any atom is -0.211 e. The molecule has 0 aliphatic heterocycles.